The highest BCUT2D eigenvalue weighted by molar-refractivity contribution is 5.87. The zero-order valence-corrected chi connectivity index (χ0v) is 12.5. The molecule has 0 heterocycles. The number of aliphatic hydroxyl groups excluding tert-OH is 1. The van der Waals surface area contributed by atoms with Gasteiger partial charge in [0.25, 0.3) is 0 Å². The minimum atomic E-state index is -0.0905. The van der Waals surface area contributed by atoms with Crippen LogP contribution in [0, 0.1) is 23.2 Å². The van der Waals surface area contributed by atoms with Gasteiger partial charge in [-0.05, 0) is 69.1 Å². The minimum absolute atomic E-state index is 0.00735. The highest BCUT2D eigenvalue weighted by Crippen LogP contribution is 2.59. The van der Waals surface area contributed by atoms with Crippen molar-refractivity contribution in [3.8, 4) is 0 Å². The number of allylic oxidation sites excluding steroid dienone is 1. The number of fused-ring (bicyclic) bond motifs is 4. The zero-order valence-electron chi connectivity index (χ0n) is 12.5. The van der Waals surface area contributed by atoms with E-state index in [4.69, 9.17) is 0 Å². The number of rotatable bonds is 0. The van der Waals surface area contributed by atoms with Crippen LogP contribution in [0.1, 0.15) is 64.7 Å². The van der Waals surface area contributed by atoms with Gasteiger partial charge >= 0.3 is 0 Å². The van der Waals surface area contributed by atoms with E-state index in [1.54, 1.807) is 11.1 Å². The topological polar surface area (TPSA) is 37.3 Å². The summed E-state index contributed by atoms with van der Waals surface area (Å²) in [7, 11) is 0. The minimum Gasteiger partial charge on any atom is -0.393 e. The second-order valence-corrected chi connectivity index (χ2v) is 7.86. The summed E-state index contributed by atoms with van der Waals surface area (Å²) in [5, 5.41) is 9.89. The van der Waals surface area contributed by atoms with E-state index in [0.29, 0.717) is 11.7 Å². The van der Waals surface area contributed by atoms with Crippen LogP contribution in [0.3, 0.4) is 0 Å². The fourth-order valence-corrected chi connectivity index (χ4v) is 5.96. The average Bonchev–Trinajstić information content (AvgIpc) is 2.74. The maximum atomic E-state index is 12.3. The molecule has 1 N–H and O–H groups in total. The predicted octanol–water partition coefficient (Wildman–Crippen LogP) is 3.63. The molecule has 0 amide bonds. The molecule has 0 aromatic heterocycles. The first-order chi connectivity index (χ1) is 9.59. The molecule has 2 nitrogen and oxygen atoms in total. The predicted molar refractivity (Wildman–Crippen MR) is 78.2 cm³/mol. The SMILES string of the molecule is CC12CCC3C4=C(CCC3C1CCC2=O)C[C@@H](O)CC4. The Balaban J connectivity index is 1.65. The van der Waals surface area contributed by atoms with Crippen molar-refractivity contribution < 1.29 is 9.90 Å². The van der Waals surface area contributed by atoms with Crippen molar-refractivity contribution in [3.63, 3.8) is 0 Å². The van der Waals surface area contributed by atoms with E-state index >= 15 is 0 Å². The van der Waals surface area contributed by atoms with E-state index in [2.05, 4.69) is 6.92 Å². The zero-order chi connectivity index (χ0) is 13.9. The fraction of sp³-hybridized carbons (Fsp3) is 0.833. The number of Topliss-reactive ketones (excluding diaryl/α,β-unsaturated/α-hetero) is 1. The lowest BCUT2D eigenvalue weighted by atomic mass is 9.54. The lowest BCUT2D eigenvalue weighted by Crippen LogP contribution is -2.44. The van der Waals surface area contributed by atoms with E-state index in [9.17, 15) is 9.90 Å². The first-order valence-corrected chi connectivity index (χ1v) is 8.52. The third kappa shape index (κ3) is 1.70. The summed E-state index contributed by atoms with van der Waals surface area (Å²) in [6.07, 6.45) is 9.67. The van der Waals surface area contributed by atoms with Gasteiger partial charge in [-0.3, -0.25) is 4.79 Å². The summed E-state index contributed by atoms with van der Waals surface area (Å²) in [4.78, 5) is 12.3. The molecule has 0 saturated heterocycles. The molecule has 4 aliphatic carbocycles. The molecule has 2 heteroatoms. The molecule has 0 bridgehead atoms. The van der Waals surface area contributed by atoms with Gasteiger partial charge in [0, 0.05) is 11.8 Å². The molecule has 0 radical (unpaired) electrons. The molecule has 20 heavy (non-hydrogen) atoms. The van der Waals surface area contributed by atoms with Crippen molar-refractivity contribution in [1.29, 1.82) is 0 Å². The maximum absolute atomic E-state index is 12.3. The molecule has 0 aromatic rings. The van der Waals surface area contributed by atoms with Crippen molar-refractivity contribution >= 4 is 5.78 Å². The summed E-state index contributed by atoms with van der Waals surface area (Å²) in [5.74, 6) is 2.69. The van der Waals surface area contributed by atoms with Gasteiger partial charge < -0.3 is 5.11 Å². The van der Waals surface area contributed by atoms with Crippen LogP contribution < -0.4 is 0 Å². The average molecular weight is 274 g/mol. The molecule has 2 saturated carbocycles. The molecule has 5 atom stereocenters. The Morgan fingerprint density at radius 1 is 1.10 bits per heavy atom. The number of carbonyl (C=O) groups is 1. The summed E-state index contributed by atoms with van der Waals surface area (Å²) in [6, 6.07) is 0. The van der Waals surface area contributed by atoms with Crippen LogP contribution in [0.5, 0.6) is 0 Å². The Bertz CT molecular complexity index is 478. The molecule has 2 fully saturated rings. The van der Waals surface area contributed by atoms with Crippen molar-refractivity contribution in [2.75, 3.05) is 0 Å². The Hall–Kier alpha value is -0.630. The normalized spacial score (nSPS) is 47.8. The fourth-order valence-electron chi connectivity index (χ4n) is 5.96. The van der Waals surface area contributed by atoms with Crippen LogP contribution in [-0.2, 0) is 4.79 Å². The Morgan fingerprint density at radius 2 is 1.95 bits per heavy atom. The van der Waals surface area contributed by atoms with Crippen molar-refractivity contribution in [1.82, 2.24) is 0 Å². The molecule has 4 aliphatic rings. The smallest absolute Gasteiger partial charge is 0.139 e. The second-order valence-electron chi connectivity index (χ2n) is 7.86. The van der Waals surface area contributed by atoms with E-state index in [0.717, 1.165) is 50.4 Å². The number of aliphatic hydroxyl groups is 1. The van der Waals surface area contributed by atoms with Crippen LogP contribution >= 0.6 is 0 Å². The van der Waals surface area contributed by atoms with Crippen LogP contribution in [0.15, 0.2) is 11.1 Å². The molecular formula is C18H26O2. The quantitative estimate of drug-likeness (QED) is 0.685. The summed E-state index contributed by atoms with van der Waals surface area (Å²) < 4.78 is 0. The van der Waals surface area contributed by atoms with Crippen LogP contribution in [-0.4, -0.2) is 17.0 Å². The number of hydrogen-bond acceptors (Lipinski definition) is 2. The van der Waals surface area contributed by atoms with Gasteiger partial charge in [-0.1, -0.05) is 18.1 Å². The number of ketones is 1. The highest BCUT2D eigenvalue weighted by atomic mass is 16.3. The van der Waals surface area contributed by atoms with Gasteiger partial charge in [-0.15, -0.1) is 0 Å². The second kappa shape index (κ2) is 4.43. The van der Waals surface area contributed by atoms with Crippen LogP contribution in [0.25, 0.3) is 0 Å². The van der Waals surface area contributed by atoms with Crippen molar-refractivity contribution in [2.24, 2.45) is 23.2 Å². The lowest BCUT2D eigenvalue weighted by molar-refractivity contribution is -0.129. The van der Waals surface area contributed by atoms with Gasteiger partial charge in [0.05, 0.1) is 6.10 Å². The highest BCUT2D eigenvalue weighted by Gasteiger charge is 2.54. The van der Waals surface area contributed by atoms with E-state index in [-0.39, 0.29) is 11.5 Å². The molecular weight excluding hydrogens is 248 g/mol. The molecule has 110 valence electrons. The van der Waals surface area contributed by atoms with Crippen molar-refractivity contribution in [3.05, 3.63) is 11.1 Å². The monoisotopic (exact) mass is 274 g/mol. The summed E-state index contributed by atoms with van der Waals surface area (Å²) in [6.45, 7) is 2.25. The molecule has 4 unspecified atom stereocenters. The first-order valence-electron chi connectivity index (χ1n) is 8.52. The number of hydrogen-bond donors (Lipinski definition) is 1. The van der Waals surface area contributed by atoms with E-state index in [1.165, 1.54) is 19.3 Å². The molecule has 0 aromatic carbocycles. The van der Waals surface area contributed by atoms with Crippen LogP contribution in [0.4, 0.5) is 0 Å². The van der Waals surface area contributed by atoms with E-state index < -0.39 is 0 Å². The Kier molecular flexibility index (Phi) is 2.89. The largest absolute Gasteiger partial charge is 0.393 e. The Morgan fingerprint density at radius 3 is 2.80 bits per heavy atom. The standard InChI is InChI=1S/C18H26O2/c1-18-9-8-14-13-5-3-12(19)10-11(13)2-4-15(14)16(18)6-7-17(18)20/h12,14-16,19H,2-10H2,1H3/t12-,14?,15?,16?,18?/m0/s1. The van der Waals surface area contributed by atoms with Gasteiger partial charge in [0.15, 0.2) is 0 Å². The van der Waals surface area contributed by atoms with E-state index in [1.807, 2.05) is 0 Å². The van der Waals surface area contributed by atoms with Gasteiger partial charge in [-0.25, -0.2) is 0 Å². The first kappa shape index (κ1) is 13.1. The van der Waals surface area contributed by atoms with Crippen LogP contribution in [0.2, 0.25) is 0 Å². The third-order valence-electron chi connectivity index (χ3n) is 7.06. The molecule has 0 aliphatic heterocycles. The van der Waals surface area contributed by atoms with Gasteiger partial charge in [0.1, 0.15) is 5.78 Å². The van der Waals surface area contributed by atoms with Gasteiger partial charge in [0.2, 0.25) is 0 Å². The third-order valence-corrected chi connectivity index (χ3v) is 7.06. The maximum Gasteiger partial charge on any atom is 0.139 e. The summed E-state index contributed by atoms with van der Waals surface area (Å²) >= 11 is 0. The molecule has 0 spiro atoms. The number of carbonyl (C=O) groups excluding carboxylic acids is 1. The molecule has 4 rings (SSSR count). The van der Waals surface area contributed by atoms with Crippen molar-refractivity contribution in [2.45, 2.75) is 70.8 Å². The van der Waals surface area contributed by atoms with Gasteiger partial charge in [-0.2, -0.15) is 0 Å². The summed E-state index contributed by atoms with van der Waals surface area (Å²) in [5.41, 5.74) is 3.29. The Labute approximate surface area is 121 Å². The lowest BCUT2D eigenvalue weighted by Gasteiger charge is -2.50.